The highest BCUT2D eigenvalue weighted by molar-refractivity contribution is 6.32. The molecule has 0 saturated carbocycles. The molecule has 2 aromatic carbocycles. The lowest BCUT2D eigenvalue weighted by atomic mass is 9.83. The first-order valence-corrected chi connectivity index (χ1v) is 11.8. The monoisotopic (exact) mass is 460 g/mol. The van der Waals surface area contributed by atoms with E-state index in [0.717, 1.165) is 22.3 Å². The zero-order valence-electron chi connectivity index (χ0n) is 19.1. The van der Waals surface area contributed by atoms with Crippen molar-refractivity contribution >= 4 is 11.6 Å². The summed E-state index contributed by atoms with van der Waals surface area (Å²) in [6, 6.07) is 10.5. The Bertz CT molecular complexity index is 956. The Morgan fingerprint density at radius 1 is 1.09 bits per heavy atom. The van der Waals surface area contributed by atoms with Gasteiger partial charge in [0.25, 0.3) is 0 Å². The highest BCUT2D eigenvalue weighted by atomic mass is 35.5. The van der Waals surface area contributed by atoms with Crippen molar-refractivity contribution in [2.45, 2.75) is 77.0 Å². The molecule has 0 amide bonds. The van der Waals surface area contributed by atoms with E-state index in [9.17, 15) is 15.3 Å². The van der Waals surface area contributed by atoms with Crippen LogP contribution >= 0.6 is 11.6 Å². The first-order valence-electron chi connectivity index (χ1n) is 11.4. The second-order valence-corrected chi connectivity index (χ2v) is 9.95. The van der Waals surface area contributed by atoms with Crippen molar-refractivity contribution in [2.75, 3.05) is 6.61 Å². The highest BCUT2D eigenvalue weighted by Crippen LogP contribution is 2.47. The van der Waals surface area contributed by atoms with Gasteiger partial charge in [0.2, 0.25) is 0 Å². The van der Waals surface area contributed by atoms with E-state index in [-0.39, 0.29) is 12.7 Å². The van der Waals surface area contributed by atoms with Gasteiger partial charge in [0.15, 0.2) is 0 Å². The number of fused-ring (bicyclic) bond motifs is 1. The first kappa shape index (κ1) is 23.5. The minimum Gasteiger partial charge on any atom is -0.490 e. The Morgan fingerprint density at radius 3 is 2.41 bits per heavy atom. The molecule has 2 aliphatic rings. The minimum atomic E-state index is -0.939. The second kappa shape index (κ2) is 9.32. The van der Waals surface area contributed by atoms with Crippen LogP contribution in [0.3, 0.4) is 0 Å². The topological polar surface area (TPSA) is 79.2 Å². The molecular weight excluding hydrogens is 428 g/mol. The van der Waals surface area contributed by atoms with Crippen LogP contribution in [-0.2, 0) is 17.6 Å². The normalized spacial score (nSPS) is 29.8. The fourth-order valence-corrected chi connectivity index (χ4v) is 5.07. The maximum absolute atomic E-state index is 10.9. The van der Waals surface area contributed by atoms with Crippen molar-refractivity contribution in [2.24, 2.45) is 5.92 Å². The van der Waals surface area contributed by atoms with Gasteiger partial charge in [-0.3, -0.25) is 0 Å². The van der Waals surface area contributed by atoms with Crippen LogP contribution in [0.25, 0.3) is 0 Å². The average Bonchev–Trinajstić information content (AvgIpc) is 3.17. The van der Waals surface area contributed by atoms with Gasteiger partial charge in [-0.25, -0.2) is 0 Å². The maximum Gasteiger partial charge on any atom is 0.130 e. The predicted molar refractivity (Wildman–Crippen MR) is 124 cm³/mol. The molecule has 2 aliphatic heterocycles. The number of rotatable bonds is 5. The summed E-state index contributed by atoms with van der Waals surface area (Å²) in [5, 5.41) is 31.7. The van der Waals surface area contributed by atoms with Crippen molar-refractivity contribution in [3.63, 3.8) is 0 Å². The van der Waals surface area contributed by atoms with Crippen LogP contribution in [0.15, 0.2) is 30.3 Å². The van der Waals surface area contributed by atoms with E-state index >= 15 is 0 Å². The fraction of sp³-hybridized carbons (Fsp3) is 0.538. The quantitative estimate of drug-likeness (QED) is 0.624. The van der Waals surface area contributed by atoms with E-state index in [1.165, 1.54) is 5.56 Å². The molecule has 0 aliphatic carbocycles. The molecule has 6 unspecified atom stereocenters. The summed E-state index contributed by atoms with van der Waals surface area (Å²) in [4.78, 5) is 0. The lowest BCUT2D eigenvalue weighted by molar-refractivity contribution is -0.208. The Balaban J connectivity index is 1.74. The number of aliphatic hydroxyl groups excluding tert-OH is 3. The van der Waals surface area contributed by atoms with Crippen LogP contribution in [0.1, 0.15) is 67.5 Å². The largest absolute Gasteiger partial charge is 0.490 e. The van der Waals surface area contributed by atoms with Gasteiger partial charge in [0, 0.05) is 23.5 Å². The molecule has 2 aromatic rings. The van der Waals surface area contributed by atoms with Crippen molar-refractivity contribution in [3.8, 4) is 5.75 Å². The van der Waals surface area contributed by atoms with Crippen molar-refractivity contribution < 1.29 is 24.8 Å². The van der Waals surface area contributed by atoms with Crippen molar-refractivity contribution in [3.05, 3.63) is 63.2 Å². The summed E-state index contributed by atoms with van der Waals surface area (Å²) in [7, 11) is 0. The Hall–Kier alpha value is -1.63. The molecule has 0 spiro atoms. The molecule has 1 saturated heterocycles. The van der Waals surface area contributed by atoms with Crippen molar-refractivity contribution in [1.29, 1.82) is 0 Å². The van der Waals surface area contributed by atoms with Gasteiger partial charge >= 0.3 is 0 Å². The Morgan fingerprint density at radius 2 is 1.78 bits per heavy atom. The molecule has 1 fully saturated rings. The van der Waals surface area contributed by atoms with Gasteiger partial charge in [-0.2, -0.15) is 0 Å². The van der Waals surface area contributed by atoms with Crippen LogP contribution in [0, 0.1) is 5.92 Å². The highest BCUT2D eigenvalue weighted by Gasteiger charge is 2.44. The third-order valence-electron chi connectivity index (χ3n) is 6.84. The van der Waals surface area contributed by atoms with E-state index in [4.69, 9.17) is 21.1 Å². The zero-order valence-corrected chi connectivity index (χ0v) is 19.8. The average molecular weight is 461 g/mol. The van der Waals surface area contributed by atoms with E-state index in [1.54, 1.807) is 6.92 Å². The van der Waals surface area contributed by atoms with Gasteiger partial charge in [-0.1, -0.05) is 56.6 Å². The number of hydrogen-bond acceptors (Lipinski definition) is 5. The van der Waals surface area contributed by atoms with E-state index in [2.05, 4.69) is 38.1 Å². The number of ether oxygens (including phenoxy) is 2. The molecule has 0 bridgehead atoms. The molecule has 6 atom stereocenters. The molecule has 6 heteroatoms. The fourth-order valence-electron chi connectivity index (χ4n) is 4.79. The van der Waals surface area contributed by atoms with E-state index in [0.29, 0.717) is 29.5 Å². The third-order valence-corrected chi connectivity index (χ3v) is 7.31. The minimum absolute atomic E-state index is 0.0285. The third kappa shape index (κ3) is 4.29. The molecule has 0 radical (unpaired) electrons. The number of hydrogen-bond donors (Lipinski definition) is 3. The van der Waals surface area contributed by atoms with Gasteiger partial charge in [0.1, 0.15) is 24.1 Å². The number of aliphatic hydroxyl groups is 3. The smallest absolute Gasteiger partial charge is 0.130 e. The molecule has 4 rings (SSSR count). The van der Waals surface area contributed by atoms with Gasteiger partial charge < -0.3 is 24.8 Å². The lowest BCUT2D eigenvalue weighted by Gasteiger charge is -2.41. The first-order chi connectivity index (χ1) is 15.2. The summed E-state index contributed by atoms with van der Waals surface area (Å²) >= 11 is 6.84. The lowest BCUT2D eigenvalue weighted by Crippen LogP contribution is -2.50. The summed E-state index contributed by atoms with van der Waals surface area (Å²) in [6.45, 7) is 7.78. The van der Waals surface area contributed by atoms with Crippen LogP contribution in [0.2, 0.25) is 5.02 Å². The molecule has 174 valence electrons. The maximum atomic E-state index is 10.9. The Kier molecular flexibility index (Phi) is 6.85. The van der Waals surface area contributed by atoms with Gasteiger partial charge in [-0.05, 0) is 42.0 Å². The second-order valence-electron chi connectivity index (χ2n) is 9.57. The number of halogens is 1. The molecule has 0 aromatic heterocycles. The van der Waals surface area contributed by atoms with Crippen LogP contribution in [-0.4, -0.2) is 46.3 Å². The zero-order chi connectivity index (χ0) is 23.2. The molecule has 5 nitrogen and oxygen atoms in total. The van der Waals surface area contributed by atoms with E-state index < -0.39 is 30.3 Å². The predicted octanol–water partition coefficient (Wildman–Crippen LogP) is 4.17. The standard InChI is InChI=1S/C26H33ClO5/c1-13(2)17-7-5-16(6-8-17)10-18-11-20(25-19(22(18)27)9-14(3)31-25)26-24(30)15(4)23(29)21(12-28)32-26/h5-8,11,13-15,21,23-24,26,28-30H,9-10,12H2,1-4H3. The molecule has 3 N–H and O–H groups in total. The van der Waals surface area contributed by atoms with Crippen LogP contribution in [0.4, 0.5) is 0 Å². The van der Waals surface area contributed by atoms with Crippen LogP contribution < -0.4 is 4.74 Å². The van der Waals surface area contributed by atoms with E-state index in [1.807, 2.05) is 13.0 Å². The van der Waals surface area contributed by atoms with Crippen LogP contribution in [0.5, 0.6) is 5.75 Å². The SMILES string of the molecule is CC1Cc2c(Cl)c(Cc3ccc(C(C)C)cc3)cc(C3OC(CO)C(O)C(C)C3O)c2O1. The van der Waals surface area contributed by atoms with Gasteiger partial charge in [-0.15, -0.1) is 0 Å². The summed E-state index contributed by atoms with van der Waals surface area (Å²) in [6.07, 6.45) is -2.05. The molecular formula is C26H33ClO5. The Labute approximate surface area is 194 Å². The summed E-state index contributed by atoms with van der Waals surface area (Å²) in [5.74, 6) is 0.674. The molecule has 2 heterocycles. The van der Waals surface area contributed by atoms with Crippen molar-refractivity contribution in [1.82, 2.24) is 0 Å². The molecule has 32 heavy (non-hydrogen) atoms. The van der Waals surface area contributed by atoms with Gasteiger partial charge in [0.05, 0.1) is 23.8 Å². The summed E-state index contributed by atoms with van der Waals surface area (Å²) in [5.41, 5.74) is 5.05. The summed E-state index contributed by atoms with van der Waals surface area (Å²) < 4.78 is 12.1. The number of benzene rings is 2.